The van der Waals surface area contributed by atoms with Crippen molar-refractivity contribution < 1.29 is 4.74 Å². The number of nitrogens with zero attached hydrogens (tertiary/aromatic N) is 2. The van der Waals surface area contributed by atoms with E-state index in [4.69, 9.17) is 4.74 Å². The average Bonchev–Trinajstić information content (AvgIpc) is 1.97. The van der Waals surface area contributed by atoms with Crippen LogP contribution in [-0.4, -0.2) is 16.1 Å². The fourth-order valence-corrected chi connectivity index (χ4v) is 1.28. The van der Waals surface area contributed by atoms with E-state index >= 15 is 0 Å². The van der Waals surface area contributed by atoms with Gasteiger partial charge in [0.2, 0.25) is 0 Å². The molecule has 64 valence electrons. The van der Waals surface area contributed by atoms with Gasteiger partial charge in [0.1, 0.15) is 10.7 Å². The first-order valence-electron chi connectivity index (χ1n) is 4.00. The van der Waals surface area contributed by atoms with Gasteiger partial charge in [0, 0.05) is 6.20 Å². The monoisotopic (exact) mass is 228 g/mol. The minimum absolute atomic E-state index is 0.347. The van der Waals surface area contributed by atoms with Crippen LogP contribution in [-0.2, 0) is 0 Å². The molecule has 0 radical (unpaired) electrons. The first kappa shape index (κ1) is 7.98. The maximum atomic E-state index is 5.48. The van der Waals surface area contributed by atoms with E-state index in [0.29, 0.717) is 12.1 Å². The number of hydrogen-bond donors (Lipinski definition) is 0. The normalized spacial score (nSPS) is 17.1. The summed E-state index contributed by atoms with van der Waals surface area (Å²) >= 11 is 3.26. The van der Waals surface area contributed by atoms with Crippen molar-refractivity contribution in [3.8, 4) is 6.01 Å². The lowest BCUT2D eigenvalue weighted by molar-refractivity contribution is 0.108. The zero-order chi connectivity index (χ0) is 8.39. The fraction of sp³-hybridized carbons (Fsp3) is 0.500. The van der Waals surface area contributed by atoms with E-state index in [1.54, 1.807) is 12.3 Å². The van der Waals surface area contributed by atoms with Crippen LogP contribution < -0.4 is 4.74 Å². The molecular formula is C8H9BrN2O. The molecule has 0 spiro atoms. The maximum Gasteiger partial charge on any atom is 0.317 e. The highest BCUT2D eigenvalue weighted by atomic mass is 79.9. The molecule has 0 saturated heterocycles. The summed E-state index contributed by atoms with van der Waals surface area (Å²) in [5, 5.41) is 0. The molecular weight excluding hydrogens is 220 g/mol. The minimum atomic E-state index is 0.347. The quantitative estimate of drug-likeness (QED) is 0.729. The highest BCUT2D eigenvalue weighted by molar-refractivity contribution is 9.10. The van der Waals surface area contributed by atoms with Gasteiger partial charge in [0.15, 0.2) is 0 Å². The van der Waals surface area contributed by atoms with E-state index in [9.17, 15) is 0 Å². The van der Waals surface area contributed by atoms with Crippen LogP contribution >= 0.6 is 15.9 Å². The molecule has 1 fully saturated rings. The Balaban J connectivity index is 2.02. The standard InChI is InChI=1S/C8H9BrN2O/c9-7-4-5-10-8(11-7)12-6-2-1-3-6/h4-6H,1-3H2. The molecule has 0 atom stereocenters. The third-order valence-corrected chi connectivity index (χ3v) is 2.37. The molecule has 0 unspecified atom stereocenters. The second-order valence-electron chi connectivity index (χ2n) is 2.83. The van der Waals surface area contributed by atoms with E-state index in [-0.39, 0.29) is 0 Å². The topological polar surface area (TPSA) is 35.0 Å². The van der Waals surface area contributed by atoms with Crippen LogP contribution in [0, 0.1) is 0 Å². The predicted octanol–water partition coefficient (Wildman–Crippen LogP) is 2.17. The van der Waals surface area contributed by atoms with Gasteiger partial charge in [-0.1, -0.05) is 0 Å². The smallest absolute Gasteiger partial charge is 0.317 e. The Bertz CT molecular complexity index is 276. The first-order chi connectivity index (χ1) is 5.84. The van der Waals surface area contributed by atoms with Crippen LogP contribution in [0.1, 0.15) is 19.3 Å². The van der Waals surface area contributed by atoms with Gasteiger partial charge in [-0.15, -0.1) is 0 Å². The zero-order valence-electron chi connectivity index (χ0n) is 6.53. The van der Waals surface area contributed by atoms with Crippen molar-refractivity contribution in [3.05, 3.63) is 16.9 Å². The van der Waals surface area contributed by atoms with Crippen LogP contribution in [0.15, 0.2) is 16.9 Å². The summed E-state index contributed by atoms with van der Waals surface area (Å²) in [4.78, 5) is 8.08. The maximum absolute atomic E-state index is 5.48. The lowest BCUT2D eigenvalue weighted by Gasteiger charge is -2.24. The Morgan fingerprint density at radius 1 is 1.50 bits per heavy atom. The molecule has 4 heteroatoms. The van der Waals surface area contributed by atoms with Crippen molar-refractivity contribution in [2.45, 2.75) is 25.4 Å². The summed E-state index contributed by atoms with van der Waals surface area (Å²) in [5.74, 6) is 0. The highest BCUT2D eigenvalue weighted by Gasteiger charge is 2.19. The number of hydrogen-bond acceptors (Lipinski definition) is 3. The molecule has 2 rings (SSSR count). The molecule has 0 aromatic carbocycles. The van der Waals surface area contributed by atoms with Crippen molar-refractivity contribution in [3.63, 3.8) is 0 Å². The highest BCUT2D eigenvalue weighted by Crippen LogP contribution is 2.23. The van der Waals surface area contributed by atoms with E-state index in [1.807, 2.05) is 0 Å². The Hall–Kier alpha value is -0.640. The van der Waals surface area contributed by atoms with E-state index in [0.717, 1.165) is 17.4 Å². The second kappa shape index (κ2) is 3.39. The number of rotatable bonds is 2. The molecule has 0 aliphatic heterocycles. The number of halogens is 1. The fourth-order valence-electron chi connectivity index (χ4n) is 1.01. The summed E-state index contributed by atoms with van der Waals surface area (Å²) in [6.45, 7) is 0. The number of aromatic nitrogens is 2. The van der Waals surface area contributed by atoms with Crippen LogP contribution in [0.25, 0.3) is 0 Å². The first-order valence-corrected chi connectivity index (χ1v) is 4.79. The Labute approximate surface area is 79.3 Å². The molecule has 1 heterocycles. The summed E-state index contributed by atoms with van der Waals surface area (Å²) in [6.07, 6.45) is 5.56. The summed E-state index contributed by atoms with van der Waals surface area (Å²) in [5.41, 5.74) is 0. The molecule has 1 aliphatic rings. The molecule has 3 nitrogen and oxygen atoms in total. The molecule has 1 saturated carbocycles. The summed E-state index contributed by atoms with van der Waals surface area (Å²) in [7, 11) is 0. The average molecular weight is 229 g/mol. The van der Waals surface area contributed by atoms with Crippen LogP contribution in [0.4, 0.5) is 0 Å². The lowest BCUT2D eigenvalue weighted by Crippen LogP contribution is -2.25. The minimum Gasteiger partial charge on any atom is -0.460 e. The van der Waals surface area contributed by atoms with Crippen molar-refractivity contribution in [2.75, 3.05) is 0 Å². The van der Waals surface area contributed by atoms with Crippen LogP contribution in [0.2, 0.25) is 0 Å². The van der Waals surface area contributed by atoms with E-state index in [2.05, 4.69) is 25.9 Å². The Morgan fingerprint density at radius 2 is 2.33 bits per heavy atom. The SMILES string of the molecule is Brc1ccnc(OC2CCC2)n1. The largest absolute Gasteiger partial charge is 0.460 e. The van der Waals surface area contributed by atoms with Gasteiger partial charge >= 0.3 is 6.01 Å². The molecule has 0 N–H and O–H groups in total. The Kier molecular flexibility index (Phi) is 2.26. The third-order valence-electron chi connectivity index (χ3n) is 1.92. The molecule has 0 bridgehead atoms. The van der Waals surface area contributed by atoms with E-state index < -0.39 is 0 Å². The summed E-state index contributed by atoms with van der Waals surface area (Å²) in [6, 6.07) is 2.27. The lowest BCUT2D eigenvalue weighted by atomic mass is 9.96. The van der Waals surface area contributed by atoms with Crippen molar-refractivity contribution in [2.24, 2.45) is 0 Å². The molecule has 12 heavy (non-hydrogen) atoms. The van der Waals surface area contributed by atoms with Gasteiger partial charge in [0.25, 0.3) is 0 Å². The molecule has 1 aliphatic carbocycles. The van der Waals surface area contributed by atoms with Crippen molar-refractivity contribution >= 4 is 15.9 Å². The van der Waals surface area contributed by atoms with Crippen LogP contribution in [0.5, 0.6) is 6.01 Å². The van der Waals surface area contributed by atoms with Gasteiger partial charge in [-0.05, 0) is 41.3 Å². The van der Waals surface area contributed by atoms with Gasteiger partial charge in [-0.2, -0.15) is 4.98 Å². The van der Waals surface area contributed by atoms with Gasteiger partial charge in [0.05, 0.1) is 0 Å². The van der Waals surface area contributed by atoms with Gasteiger partial charge in [-0.25, -0.2) is 4.98 Å². The van der Waals surface area contributed by atoms with Crippen molar-refractivity contribution in [1.29, 1.82) is 0 Å². The summed E-state index contributed by atoms with van der Waals surface area (Å²) < 4.78 is 6.25. The van der Waals surface area contributed by atoms with Crippen LogP contribution in [0.3, 0.4) is 0 Å². The van der Waals surface area contributed by atoms with Gasteiger partial charge in [-0.3, -0.25) is 0 Å². The molecule has 0 amide bonds. The number of ether oxygens (including phenoxy) is 1. The van der Waals surface area contributed by atoms with Crippen molar-refractivity contribution in [1.82, 2.24) is 9.97 Å². The molecule has 1 aromatic heterocycles. The third kappa shape index (κ3) is 1.75. The van der Waals surface area contributed by atoms with E-state index in [1.165, 1.54) is 6.42 Å². The predicted molar refractivity (Wildman–Crippen MR) is 48.0 cm³/mol. The second-order valence-corrected chi connectivity index (χ2v) is 3.65. The molecule has 1 aromatic rings. The Morgan fingerprint density at radius 3 is 2.92 bits per heavy atom. The zero-order valence-corrected chi connectivity index (χ0v) is 8.12. The van der Waals surface area contributed by atoms with Gasteiger partial charge < -0.3 is 4.74 Å².